The first-order valence-electron chi connectivity index (χ1n) is 3.34. The molecule has 0 amide bonds. The zero-order valence-electron chi connectivity index (χ0n) is 6.63. The molecule has 55 valence electrons. The van der Waals surface area contributed by atoms with E-state index < -0.39 is 0 Å². The van der Waals surface area contributed by atoms with Gasteiger partial charge in [0.15, 0.2) is 0 Å². The lowest BCUT2D eigenvalue weighted by Crippen LogP contribution is -2.09. The molecule has 0 saturated heterocycles. The van der Waals surface area contributed by atoms with Crippen molar-refractivity contribution in [2.75, 3.05) is 19.0 Å². The van der Waals surface area contributed by atoms with Crippen LogP contribution in [0.25, 0.3) is 0 Å². The van der Waals surface area contributed by atoms with Gasteiger partial charge >= 0.3 is 0 Å². The number of benzene rings is 1. The molecule has 0 aliphatic carbocycles. The monoisotopic (exact) mass is 145 g/mol. The van der Waals surface area contributed by atoms with Gasteiger partial charge in [-0.05, 0) is 6.07 Å². The molecule has 1 radical (unpaired) electrons. The van der Waals surface area contributed by atoms with Gasteiger partial charge in [0, 0.05) is 20.2 Å². The van der Waals surface area contributed by atoms with Gasteiger partial charge in [0.2, 0.25) is 0 Å². The van der Waals surface area contributed by atoms with E-state index >= 15 is 0 Å². The summed E-state index contributed by atoms with van der Waals surface area (Å²) in [6, 6.07) is 10.5. The van der Waals surface area contributed by atoms with E-state index in [2.05, 4.69) is 12.1 Å². The third kappa shape index (κ3) is 1.50. The lowest BCUT2D eigenvalue weighted by molar-refractivity contribution is 1.12. The fraction of sp³-hybridized carbons (Fsp3) is 0.222. The molecule has 0 unspecified atom stereocenters. The lowest BCUT2D eigenvalue weighted by atomic mass is 10.2. The molecule has 0 atom stereocenters. The van der Waals surface area contributed by atoms with Crippen molar-refractivity contribution < 1.29 is 0 Å². The van der Waals surface area contributed by atoms with Crippen LogP contribution in [-0.4, -0.2) is 14.1 Å². The SMILES string of the molecule is CN(C)c1ccc[c]c1C#N. The molecule has 11 heavy (non-hydrogen) atoms. The van der Waals surface area contributed by atoms with E-state index in [1.165, 1.54) is 0 Å². The molecule has 0 spiro atoms. The Morgan fingerprint density at radius 1 is 1.55 bits per heavy atom. The highest BCUT2D eigenvalue weighted by molar-refractivity contribution is 5.57. The maximum Gasteiger partial charge on any atom is 0.102 e. The van der Waals surface area contributed by atoms with Gasteiger partial charge in [0.1, 0.15) is 6.07 Å². The van der Waals surface area contributed by atoms with Crippen molar-refractivity contribution in [2.45, 2.75) is 0 Å². The predicted molar refractivity (Wildman–Crippen MR) is 44.3 cm³/mol. The second-order valence-corrected chi connectivity index (χ2v) is 2.44. The molecular weight excluding hydrogens is 136 g/mol. The van der Waals surface area contributed by atoms with Crippen LogP contribution in [0.15, 0.2) is 18.2 Å². The van der Waals surface area contributed by atoms with Crippen molar-refractivity contribution >= 4 is 5.69 Å². The lowest BCUT2D eigenvalue weighted by Gasteiger charge is -2.12. The van der Waals surface area contributed by atoms with E-state index in [1.807, 2.05) is 31.1 Å². The van der Waals surface area contributed by atoms with Crippen LogP contribution in [0.4, 0.5) is 5.69 Å². The standard InChI is InChI=1S/C9H9N2/c1-11(2)9-6-4-3-5-8(9)7-10/h3-4,6H,1-2H3. The van der Waals surface area contributed by atoms with Crippen LogP contribution in [0.3, 0.4) is 0 Å². The van der Waals surface area contributed by atoms with Crippen LogP contribution in [0.1, 0.15) is 5.56 Å². The van der Waals surface area contributed by atoms with E-state index in [0.717, 1.165) is 5.69 Å². The normalized spacial score (nSPS) is 8.82. The molecule has 1 aromatic carbocycles. The summed E-state index contributed by atoms with van der Waals surface area (Å²) >= 11 is 0. The highest BCUT2D eigenvalue weighted by Gasteiger charge is 2.00. The van der Waals surface area contributed by atoms with E-state index in [9.17, 15) is 0 Å². The largest absolute Gasteiger partial charge is 0.377 e. The first-order valence-corrected chi connectivity index (χ1v) is 3.34. The highest BCUT2D eigenvalue weighted by atomic mass is 15.1. The number of nitriles is 1. The second-order valence-electron chi connectivity index (χ2n) is 2.44. The molecule has 2 nitrogen and oxygen atoms in total. The Balaban J connectivity index is 3.15. The molecule has 0 aliphatic heterocycles. The maximum atomic E-state index is 8.66. The third-order valence-corrected chi connectivity index (χ3v) is 1.43. The Labute approximate surface area is 66.7 Å². The van der Waals surface area contributed by atoms with Crippen molar-refractivity contribution in [3.05, 3.63) is 29.8 Å². The van der Waals surface area contributed by atoms with Crippen molar-refractivity contribution in [2.24, 2.45) is 0 Å². The summed E-state index contributed by atoms with van der Waals surface area (Å²) in [4.78, 5) is 1.90. The minimum absolute atomic E-state index is 0.595. The van der Waals surface area contributed by atoms with E-state index in [1.54, 1.807) is 6.07 Å². The van der Waals surface area contributed by atoms with Gasteiger partial charge in [-0.15, -0.1) is 0 Å². The first kappa shape index (κ1) is 7.62. The van der Waals surface area contributed by atoms with Crippen LogP contribution in [0, 0.1) is 17.4 Å². The average Bonchev–Trinajstić information content (AvgIpc) is 2.04. The van der Waals surface area contributed by atoms with Crippen LogP contribution < -0.4 is 4.90 Å². The van der Waals surface area contributed by atoms with Gasteiger partial charge in [-0.2, -0.15) is 5.26 Å². The zero-order chi connectivity index (χ0) is 8.27. The van der Waals surface area contributed by atoms with E-state index in [0.29, 0.717) is 5.56 Å². The highest BCUT2D eigenvalue weighted by Crippen LogP contribution is 2.15. The Bertz CT molecular complexity index is 284. The van der Waals surface area contributed by atoms with Crippen LogP contribution >= 0.6 is 0 Å². The second kappa shape index (κ2) is 3.07. The molecular formula is C9H9N2. The Kier molecular flexibility index (Phi) is 2.12. The summed E-state index contributed by atoms with van der Waals surface area (Å²) in [5, 5.41) is 8.66. The number of anilines is 1. The fourth-order valence-electron chi connectivity index (χ4n) is 0.890. The number of hydrogen-bond acceptors (Lipinski definition) is 2. The van der Waals surface area contributed by atoms with Crippen LogP contribution in [0.5, 0.6) is 0 Å². The van der Waals surface area contributed by atoms with Gasteiger partial charge in [0.25, 0.3) is 0 Å². The molecule has 2 heteroatoms. The summed E-state index contributed by atoms with van der Waals surface area (Å²) in [5.74, 6) is 0. The average molecular weight is 145 g/mol. The molecule has 0 heterocycles. The maximum absolute atomic E-state index is 8.66. The number of hydrogen-bond donors (Lipinski definition) is 0. The van der Waals surface area contributed by atoms with Crippen LogP contribution in [0.2, 0.25) is 0 Å². The Morgan fingerprint density at radius 2 is 2.27 bits per heavy atom. The predicted octanol–water partition coefficient (Wildman–Crippen LogP) is 1.42. The van der Waals surface area contributed by atoms with E-state index in [-0.39, 0.29) is 0 Å². The molecule has 0 aliphatic rings. The summed E-state index contributed by atoms with van der Waals surface area (Å²) < 4.78 is 0. The minimum Gasteiger partial charge on any atom is -0.377 e. The zero-order valence-corrected chi connectivity index (χ0v) is 6.63. The summed E-state index contributed by atoms with van der Waals surface area (Å²) in [5.41, 5.74) is 1.51. The molecule has 0 aromatic heterocycles. The van der Waals surface area contributed by atoms with Gasteiger partial charge in [-0.25, -0.2) is 0 Å². The van der Waals surface area contributed by atoms with Crippen molar-refractivity contribution in [3.8, 4) is 6.07 Å². The molecule has 0 bridgehead atoms. The quantitative estimate of drug-likeness (QED) is 0.597. The minimum atomic E-state index is 0.595. The Hall–Kier alpha value is -1.49. The first-order chi connectivity index (χ1) is 5.25. The molecule has 0 fully saturated rings. The summed E-state index contributed by atoms with van der Waals surface area (Å²) in [6.45, 7) is 0. The van der Waals surface area contributed by atoms with Crippen LogP contribution in [-0.2, 0) is 0 Å². The van der Waals surface area contributed by atoms with Gasteiger partial charge in [0.05, 0.1) is 11.3 Å². The molecule has 1 aromatic rings. The van der Waals surface area contributed by atoms with Crippen molar-refractivity contribution in [3.63, 3.8) is 0 Å². The molecule has 0 N–H and O–H groups in total. The Morgan fingerprint density at radius 3 is 2.73 bits per heavy atom. The third-order valence-electron chi connectivity index (χ3n) is 1.43. The molecule has 1 rings (SSSR count). The summed E-state index contributed by atoms with van der Waals surface area (Å²) in [6.07, 6.45) is 0. The van der Waals surface area contributed by atoms with E-state index in [4.69, 9.17) is 5.26 Å². The van der Waals surface area contributed by atoms with Gasteiger partial charge < -0.3 is 4.90 Å². The number of nitrogens with zero attached hydrogens (tertiary/aromatic N) is 2. The number of rotatable bonds is 1. The fourth-order valence-corrected chi connectivity index (χ4v) is 0.890. The van der Waals surface area contributed by atoms with Crippen molar-refractivity contribution in [1.82, 2.24) is 0 Å². The van der Waals surface area contributed by atoms with Crippen molar-refractivity contribution in [1.29, 1.82) is 5.26 Å². The summed E-state index contributed by atoms with van der Waals surface area (Å²) in [7, 11) is 3.81. The van der Waals surface area contributed by atoms with Gasteiger partial charge in [-0.1, -0.05) is 12.1 Å². The van der Waals surface area contributed by atoms with Gasteiger partial charge in [-0.3, -0.25) is 0 Å². The smallest absolute Gasteiger partial charge is 0.102 e. The molecule has 0 saturated carbocycles. The topological polar surface area (TPSA) is 27.0 Å².